The summed E-state index contributed by atoms with van der Waals surface area (Å²) in [5.41, 5.74) is 5.14. The molecule has 0 fully saturated rings. The highest BCUT2D eigenvalue weighted by Crippen LogP contribution is 2.18. The van der Waals surface area contributed by atoms with Crippen LogP contribution in [0.5, 0.6) is 0 Å². The van der Waals surface area contributed by atoms with Gasteiger partial charge in [0, 0.05) is 13.6 Å². The van der Waals surface area contributed by atoms with Gasteiger partial charge < -0.3 is 10.8 Å². The van der Waals surface area contributed by atoms with Crippen molar-refractivity contribution in [3.8, 4) is 0 Å². The molecule has 16 heavy (non-hydrogen) atoms. The predicted octanol–water partition coefficient (Wildman–Crippen LogP) is 0.0207. The van der Waals surface area contributed by atoms with Crippen molar-refractivity contribution >= 4 is 15.7 Å². The molecule has 0 saturated carbocycles. The number of nitrogen functional groups attached to an aromatic ring is 1. The van der Waals surface area contributed by atoms with Crippen molar-refractivity contribution in [1.82, 2.24) is 4.31 Å². The highest BCUT2D eigenvalue weighted by atomic mass is 32.2. The summed E-state index contributed by atoms with van der Waals surface area (Å²) < 4.78 is 37.6. The minimum Gasteiger partial charge on any atom is -0.396 e. The number of likely N-dealkylation sites (N-methyl/N-ethyl adjacent to an activating group) is 1. The summed E-state index contributed by atoms with van der Waals surface area (Å²) in [4.78, 5) is -0.185. The van der Waals surface area contributed by atoms with E-state index in [-0.39, 0.29) is 23.7 Å². The molecule has 1 aromatic rings. The fourth-order valence-corrected chi connectivity index (χ4v) is 2.28. The zero-order valence-corrected chi connectivity index (χ0v) is 9.54. The van der Waals surface area contributed by atoms with Crippen molar-refractivity contribution in [2.24, 2.45) is 0 Å². The highest BCUT2D eigenvalue weighted by molar-refractivity contribution is 7.89. The third kappa shape index (κ3) is 2.49. The van der Waals surface area contributed by atoms with Gasteiger partial charge in [-0.2, -0.15) is 4.31 Å². The van der Waals surface area contributed by atoms with Crippen molar-refractivity contribution in [2.45, 2.75) is 4.90 Å². The molecule has 7 heteroatoms. The van der Waals surface area contributed by atoms with Crippen molar-refractivity contribution in [3.63, 3.8) is 0 Å². The zero-order chi connectivity index (χ0) is 12.3. The first kappa shape index (κ1) is 12.9. The van der Waals surface area contributed by atoms with Gasteiger partial charge in [-0.05, 0) is 18.2 Å². The molecule has 0 aliphatic carbocycles. The first-order chi connectivity index (χ1) is 7.39. The van der Waals surface area contributed by atoms with Crippen LogP contribution < -0.4 is 5.73 Å². The van der Waals surface area contributed by atoms with Gasteiger partial charge in [-0.15, -0.1) is 0 Å². The molecule has 0 saturated heterocycles. The lowest BCUT2D eigenvalue weighted by Gasteiger charge is -2.15. The monoisotopic (exact) mass is 248 g/mol. The summed E-state index contributed by atoms with van der Waals surface area (Å²) in [5.74, 6) is -0.779. The first-order valence-electron chi connectivity index (χ1n) is 4.52. The SMILES string of the molecule is CN(CCO)S(=O)(=O)c1ccc(N)c(F)c1. The van der Waals surface area contributed by atoms with Crippen LogP contribution in [-0.4, -0.2) is 38.0 Å². The van der Waals surface area contributed by atoms with Gasteiger partial charge in [-0.1, -0.05) is 0 Å². The van der Waals surface area contributed by atoms with Crippen LogP contribution in [0.15, 0.2) is 23.1 Å². The summed E-state index contributed by atoms with van der Waals surface area (Å²) in [7, 11) is -2.46. The number of aliphatic hydroxyl groups is 1. The maximum absolute atomic E-state index is 13.1. The molecule has 0 atom stereocenters. The van der Waals surface area contributed by atoms with Gasteiger partial charge in [0.15, 0.2) is 0 Å². The van der Waals surface area contributed by atoms with Gasteiger partial charge in [0.1, 0.15) is 5.82 Å². The standard InChI is InChI=1S/C9H13FN2O3S/c1-12(4-5-13)16(14,15)7-2-3-9(11)8(10)6-7/h2-3,6,13H,4-5,11H2,1H3. The van der Waals surface area contributed by atoms with Crippen molar-refractivity contribution < 1.29 is 17.9 Å². The summed E-state index contributed by atoms with van der Waals surface area (Å²) in [6.45, 7) is -0.346. The first-order valence-corrected chi connectivity index (χ1v) is 5.96. The number of sulfonamides is 1. The number of benzene rings is 1. The van der Waals surface area contributed by atoms with E-state index in [2.05, 4.69) is 0 Å². The van der Waals surface area contributed by atoms with Crippen molar-refractivity contribution in [3.05, 3.63) is 24.0 Å². The number of hydrogen-bond donors (Lipinski definition) is 2. The summed E-state index contributed by atoms with van der Waals surface area (Å²) in [5, 5.41) is 8.65. The molecule has 0 aliphatic heterocycles. The van der Waals surface area contributed by atoms with Crippen LogP contribution in [-0.2, 0) is 10.0 Å². The molecule has 0 radical (unpaired) electrons. The van der Waals surface area contributed by atoms with Gasteiger partial charge >= 0.3 is 0 Å². The van der Waals surface area contributed by atoms with Gasteiger partial charge in [0.25, 0.3) is 0 Å². The van der Waals surface area contributed by atoms with Gasteiger partial charge in [0.05, 0.1) is 17.2 Å². The Morgan fingerprint density at radius 1 is 1.50 bits per heavy atom. The third-order valence-corrected chi connectivity index (χ3v) is 3.95. The van der Waals surface area contributed by atoms with E-state index in [9.17, 15) is 12.8 Å². The molecule has 1 rings (SSSR count). The number of rotatable bonds is 4. The highest BCUT2D eigenvalue weighted by Gasteiger charge is 2.21. The van der Waals surface area contributed by atoms with Gasteiger partial charge in [-0.25, -0.2) is 12.8 Å². The number of nitrogens with zero attached hydrogens (tertiary/aromatic N) is 1. The van der Waals surface area contributed by atoms with Gasteiger partial charge in [0.2, 0.25) is 10.0 Å². The molecule has 1 aromatic carbocycles. The second kappa shape index (κ2) is 4.77. The summed E-state index contributed by atoms with van der Waals surface area (Å²) in [6, 6.07) is 3.27. The van der Waals surface area contributed by atoms with Crippen LogP contribution in [0.2, 0.25) is 0 Å². The molecule has 0 amide bonds. The minimum atomic E-state index is -3.76. The van der Waals surface area contributed by atoms with E-state index in [1.54, 1.807) is 0 Å². The average molecular weight is 248 g/mol. The van der Waals surface area contributed by atoms with E-state index in [0.717, 1.165) is 10.4 Å². The summed E-state index contributed by atoms with van der Waals surface area (Å²) in [6.07, 6.45) is 0. The Labute approximate surface area is 93.3 Å². The second-order valence-electron chi connectivity index (χ2n) is 3.23. The number of halogens is 1. The molecule has 0 aliphatic rings. The lowest BCUT2D eigenvalue weighted by molar-refractivity contribution is 0.266. The fourth-order valence-electron chi connectivity index (χ4n) is 1.11. The smallest absolute Gasteiger partial charge is 0.243 e. The quantitative estimate of drug-likeness (QED) is 0.736. The van der Waals surface area contributed by atoms with E-state index in [1.807, 2.05) is 0 Å². The van der Waals surface area contributed by atoms with Crippen LogP contribution in [0.4, 0.5) is 10.1 Å². The molecule has 90 valence electrons. The number of aliphatic hydroxyl groups excluding tert-OH is 1. The Bertz CT molecular complexity index is 476. The van der Waals surface area contributed by atoms with E-state index in [4.69, 9.17) is 10.8 Å². The van der Waals surface area contributed by atoms with E-state index >= 15 is 0 Å². The minimum absolute atomic E-state index is 0.0473. The maximum atomic E-state index is 13.1. The van der Waals surface area contributed by atoms with Crippen LogP contribution >= 0.6 is 0 Å². The van der Waals surface area contributed by atoms with E-state index in [1.165, 1.54) is 19.2 Å². The molecule has 0 unspecified atom stereocenters. The molecule has 0 heterocycles. The second-order valence-corrected chi connectivity index (χ2v) is 5.28. The van der Waals surface area contributed by atoms with Crippen LogP contribution in [0.1, 0.15) is 0 Å². The number of anilines is 1. The Hall–Kier alpha value is -1.18. The van der Waals surface area contributed by atoms with Crippen molar-refractivity contribution in [2.75, 3.05) is 25.9 Å². The molecule has 5 nitrogen and oxygen atoms in total. The predicted molar refractivity (Wildman–Crippen MR) is 57.7 cm³/mol. The van der Waals surface area contributed by atoms with E-state index < -0.39 is 15.8 Å². The number of hydrogen-bond acceptors (Lipinski definition) is 4. The Kier molecular flexibility index (Phi) is 3.84. The molecule has 3 N–H and O–H groups in total. The molecular weight excluding hydrogens is 235 g/mol. The van der Waals surface area contributed by atoms with Gasteiger partial charge in [-0.3, -0.25) is 0 Å². The van der Waals surface area contributed by atoms with Crippen LogP contribution in [0.25, 0.3) is 0 Å². The lowest BCUT2D eigenvalue weighted by atomic mass is 10.3. The molecule has 0 spiro atoms. The Balaban J connectivity index is 3.12. The molecular formula is C9H13FN2O3S. The van der Waals surface area contributed by atoms with E-state index in [0.29, 0.717) is 0 Å². The zero-order valence-electron chi connectivity index (χ0n) is 8.72. The van der Waals surface area contributed by atoms with Crippen LogP contribution in [0.3, 0.4) is 0 Å². The largest absolute Gasteiger partial charge is 0.396 e. The molecule has 0 aromatic heterocycles. The Morgan fingerprint density at radius 2 is 2.12 bits per heavy atom. The number of nitrogens with two attached hydrogens (primary N) is 1. The lowest BCUT2D eigenvalue weighted by Crippen LogP contribution is -2.29. The van der Waals surface area contributed by atoms with Crippen LogP contribution in [0, 0.1) is 5.82 Å². The average Bonchev–Trinajstić information content (AvgIpc) is 2.22. The fraction of sp³-hybridized carbons (Fsp3) is 0.333. The summed E-state index contributed by atoms with van der Waals surface area (Å²) >= 11 is 0. The van der Waals surface area contributed by atoms with Crippen molar-refractivity contribution in [1.29, 1.82) is 0 Å². The maximum Gasteiger partial charge on any atom is 0.243 e. The third-order valence-electron chi connectivity index (χ3n) is 2.09. The normalized spacial score (nSPS) is 12.0. The molecule has 0 bridgehead atoms. The Morgan fingerprint density at radius 3 is 2.62 bits per heavy atom. The topological polar surface area (TPSA) is 83.6 Å².